The maximum Gasteiger partial charge on any atom is 0.221 e. The third-order valence-corrected chi connectivity index (χ3v) is 4.93. The van der Waals surface area contributed by atoms with Gasteiger partial charge >= 0.3 is 0 Å². The van der Waals surface area contributed by atoms with Crippen LogP contribution in [0.15, 0.2) is 0 Å². The fourth-order valence-electron chi connectivity index (χ4n) is 2.26. The van der Waals surface area contributed by atoms with Gasteiger partial charge in [0.25, 0.3) is 0 Å². The molecule has 0 aromatic heterocycles. The van der Waals surface area contributed by atoms with E-state index < -0.39 is 0 Å². The summed E-state index contributed by atoms with van der Waals surface area (Å²) in [6.07, 6.45) is 6.04. The van der Waals surface area contributed by atoms with E-state index in [9.17, 15) is 4.79 Å². The zero-order chi connectivity index (χ0) is 12.2. The topological polar surface area (TPSA) is 29.1 Å². The average Bonchev–Trinajstić information content (AvgIpc) is 3.06. The quantitative estimate of drug-likeness (QED) is 0.661. The molecule has 1 saturated carbocycles. The first kappa shape index (κ1) is 13.9. The van der Waals surface area contributed by atoms with E-state index in [2.05, 4.69) is 38.7 Å². The molecule has 3 heteroatoms. The summed E-state index contributed by atoms with van der Waals surface area (Å²) in [5.74, 6) is 1.06. The second-order valence-corrected chi connectivity index (χ2v) is 5.54. The zero-order valence-electron chi connectivity index (χ0n) is 10.8. The maximum atomic E-state index is 12.0. The van der Waals surface area contributed by atoms with Gasteiger partial charge in [0.05, 0.1) is 0 Å². The molecule has 0 saturated heterocycles. The van der Waals surface area contributed by atoms with E-state index in [0.29, 0.717) is 6.42 Å². The van der Waals surface area contributed by atoms with Gasteiger partial charge in [-0.1, -0.05) is 20.8 Å². The van der Waals surface area contributed by atoms with E-state index in [1.54, 1.807) is 0 Å². The van der Waals surface area contributed by atoms with Crippen LogP contribution in [0.2, 0.25) is 0 Å². The standard InChI is InChI=1S/C13H25NOS/c1-4-13(5-2,6-3)14-11(15)9-12(10-16)7-8-12/h16H,4-10H2,1-3H3,(H,14,15). The van der Waals surface area contributed by atoms with Crippen molar-refractivity contribution < 1.29 is 4.79 Å². The van der Waals surface area contributed by atoms with Crippen LogP contribution in [-0.4, -0.2) is 17.2 Å². The molecule has 0 aliphatic heterocycles. The maximum absolute atomic E-state index is 12.0. The van der Waals surface area contributed by atoms with E-state index >= 15 is 0 Å². The Bertz CT molecular complexity index is 236. The lowest BCUT2D eigenvalue weighted by atomic mass is 9.89. The SMILES string of the molecule is CCC(CC)(CC)NC(=O)CC1(CS)CC1. The molecule has 0 aromatic carbocycles. The molecule has 94 valence electrons. The van der Waals surface area contributed by atoms with Crippen LogP contribution in [0.4, 0.5) is 0 Å². The first-order valence-corrected chi connectivity index (χ1v) is 7.10. The molecule has 1 rings (SSSR count). The van der Waals surface area contributed by atoms with Crippen LogP contribution in [-0.2, 0) is 4.79 Å². The minimum atomic E-state index is 0.0176. The van der Waals surface area contributed by atoms with Crippen molar-refractivity contribution in [2.24, 2.45) is 5.41 Å². The Morgan fingerprint density at radius 3 is 2.06 bits per heavy atom. The lowest BCUT2D eigenvalue weighted by Gasteiger charge is -2.32. The van der Waals surface area contributed by atoms with E-state index in [4.69, 9.17) is 0 Å². The lowest BCUT2D eigenvalue weighted by molar-refractivity contribution is -0.124. The van der Waals surface area contributed by atoms with E-state index in [-0.39, 0.29) is 16.9 Å². The molecule has 0 radical (unpaired) electrons. The summed E-state index contributed by atoms with van der Waals surface area (Å²) in [6, 6.07) is 0. The molecule has 1 amide bonds. The van der Waals surface area contributed by atoms with Crippen molar-refractivity contribution in [2.45, 2.75) is 64.8 Å². The van der Waals surface area contributed by atoms with Crippen molar-refractivity contribution in [3.63, 3.8) is 0 Å². The van der Waals surface area contributed by atoms with Crippen molar-refractivity contribution in [1.29, 1.82) is 0 Å². The monoisotopic (exact) mass is 243 g/mol. The average molecular weight is 243 g/mol. The molecule has 0 atom stereocenters. The van der Waals surface area contributed by atoms with Crippen molar-refractivity contribution in [2.75, 3.05) is 5.75 Å². The van der Waals surface area contributed by atoms with Gasteiger partial charge in [-0.05, 0) is 43.3 Å². The number of nitrogens with one attached hydrogen (secondary N) is 1. The third kappa shape index (κ3) is 3.16. The molecule has 0 heterocycles. The Labute approximate surface area is 105 Å². The van der Waals surface area contributed by atoms with Crippen LogP contribution in [0.5, 0.6) is 0 Å². The lowest BCUT2D eigenvalue weighted by Crippen LogP contribution is -2.47. The van der Waals surface area contributed by atoms with Gasteiger partial charge in [-0.2, -0.15) is 12.6 Å². The van der Waals surface area contributed by atoms with Crippen LogP contribution < -0.4 is 5.32 Å². The van der Waals surface area contributed by atoms with Gasteiger partial charge < -0.3 is 5.32 Å². The Balaban J connectivity index is 2.49. The number of carbonyl (C=O) groups excluding carboxylic acids is 1. The summed E-state index contributed by atoms with van der Waals surface area (Å²) in [7, 11) is 0. The van der Waals surface area contributed by atoms with Crippen LogP contribution in [0.3, 0.4) is 0 Å². The largest absolute Gasteiger partial charge is 0.351 e. The Hall–Kier alpha value is -0.180. The molecule has 1 fully saturated rings. The zero-order valence-corrected chi connectivity index (χ0v) is 11.7. The number of amides is 1. The van der Waals surface area contributed by atoms with E-state index in [1.807, 2.05) is 0 Å². The highest BCUT2D eigenvalue weighted by Crippen LogP contribution is 2.49. The normalized spacial score (nSPS) is 18.2. The van der Waals surface area contributed by atoms with Crippen molar-refractivity contribution >= 4 is 18.5 Å². The number of carbonyl (C=O) groups is 1. The van der Waals surface area contributed by atoms with Gasteiger partial charge in [0.15, 0.2) is 0 Å². The summed E-state index contributed by atoms with van der Waals surface area (Å²) in [5.41, 5.74) is 0.248. The Kier molecular flexibility index (Phi) is 4.72. The number of rotatable bonds is 7. The second-order valence-electron chi connectivity index (χ2n) is 5.22. The van der Waals surface area contributed by atoms with Crippen molar-refractivity contribution in [3.05, 3.63) is 0 Å². The summed E-state index contributed by atoms with van der Waals surface area (Å²) in [6.45, 7) is 6.45. The highest BCUT2D eigenvalue weighted by Gasteiger charge is 2.43. The van der Waals surface area contributed by atoms with E-state index in [1.165, 1.54) is 12.8 Å². The van der Waals surface area contributed by atoms with Gasteiger partial charge in [0, 0.05) is 12.0 Å². The van der Waals surface area contributed by atoms with Gasteiger partial charge in [0.1, 0.15) is 0 Å². The van der Waals surface area contributed by atoms with Gasteiger partial charge in [-0.3, -0.25) is 4.79 Å². The molecule has 16 heavy (non-hydrogen) atoms. The minimum Gasteiger partial charge on any atom is -0.351 e. The van der Waals surface area contributed by atoms with Crippen LogP contribution in [0, 0.1) is 5.41 Å². The molecule has 0 spiro atoms. The molecule has 1 N–H and O–H groups in total. The molecule has 1 aliphatic rings. The highest BCUT2D eigenvalue weighted by molar-refractivity contribution is 7.80. The fourth-order valence-corrected chi connectivity index (χ4v) is 2.69. The third-order valence-electron chi connectivity index (χ3n) is 4.26. The first-order valence-electron chi connectivity index (χ1n) is 6.47. The second kappa shape index (κ2) is 5.44. The van der Waals surface area contributed by atoms with Gasteiger partial charge in [-0.25, -0.2) is 0 Å². The van der Waals surface area contributed by atoms with Crippen LogP contribution in [0.1, 0.15) is 59.3 Å². The van der Waals surface area contributed by atoms with E-state index in [0.717, 1.165) is 25.0 Å². The first-order chi connectivity index (χ1) is 7.55. The highest BCUT2D eigenvalue weighted by atomic mass is 32.1. The molecular weight excluding hydrogens is 218 g/mol. The molecule has 0 unspecified atom stereocenters. The fraction of sp³-hybridized carbons (Fsp3) is 0.923. The van der Waals surface area contributed by atoms with Crippen LogP contribution >= 0.6 is 12.6 Å². The van der Waals surface area contributed by atoms with Gasteiger partial charge in [-0.15, -0.1) is 0 Å². The molecule has 0 aromatic rings. The van der Waals surface area contributed by atoms with Gasteiger partial charge in [0.2, 0.25) is 5.91 Å². The minimum absolute atomic E-state index is 0.0176. The number of hydrogen-bond donors (Lipinski definition) is 2. The predicted octanol–water partition coefficient (Wildman–Crippen LogP) is 3.17. The molecular formula is C13H25NOS. The number of thiol groups is 1. The molecule has 2 nitrogen and oxygen atoms in total. The summed E-state index contributed by atoms with van der Waals surface area (Å²) >= 11 is 4.34. The Morgan fingerprint density at radius 1 is 1.25 bits per heavy atom. The number of hydrogen-bond acceptors (Lipinski definition) is 2. The smallest absolute Gasteiger partial charge is 0.221 e. The Morgan fingerprint density at radius 2 is 1.75 bits per heavy atom. The summed E-state index contributed by atoms with van der Waals surface area (Å²) in [5, 5.41) is 3.24. The summed E-state index contributed by atoms with van der Waals surface area (Å²) < 4.78 is 0. The predicted molar refractivity (Wildman–Crippen MR) is 71.9 cm³/mol. The van der Waals surface area contributed by atoms with Crippen molar-refractivity contribution in [3.8, 4) is 0 Å². The molecule has 1 aliphatic carbocycles. The summed E-state index contributed by atoms with van der Waals surface area (Å²) in [4.78, 5) is 12.0. The van der Waals surface area contributed by atoms with Crippen LogP contribution in [0.25, 0.3) is 0 Å². The van der Waals surface area contributed by atoms with Crippen molar-refractivity contribution in [1.82, 2.24) is 5.32 Å². The molecule has 0 bridgehead atoms.